The Morgan fingerprint density at radius 3 is 2.44 bits per heavy atom. The van der Waals surface area contributed by atoms with Crippen LogP contribution in [0, 0.1) is 5.92 Å². The number of hydrogen-bond acceptors (Lipinski definition) is 6. The number of benzene rings is 2. The molecule has 3 aromatic rings. The van der Waals surface area contributed by atoms with E-state index in [4.69, 9.17) is 13.9 Å². The third-order valence-electron chi connectivity index (χ3n) is 5.35. The fourth-order valence-corrected chi connectivity index (χ4v) is 3.86. The van der Waals surface area contributed by atoms with Crippen LogP contribution in [-0.2, 0) is 9.59 Å². The van der Waals surface area contributed by atoms with Gasteiger partial charge in [0, 0.05) is 17.3 Å². The highest BCUT2D eigenvalue weighted by molar-refractivity contribution is 6.51. The molecular weight excluding hydrogens is 434 g/mol. The van der Waals surface area contributed by atoms with Crippen LogP contribution in [0.15, 0.2) is 76.9 Å². The van der Waals surface area contributed by atoms with E-state index in [1.54, 1.807) is 60.7 Å². The summed E-state index contributed by atoms with van der Waals surface area (Å²) in [5.74, 6) is -0.0407. The maximum atomic E-state index is 13.2. The number of Topliss-reactive ketones (excluding diaryl/α,β-unsaturated/α-hetero) is 1. The van der Waals surface area contributed by atoms with Gasteiger partial charge in [-0.05, 0) is 49.2 Å². The molecule has 4 rings (SSSR count). The number of ketones is 1. The van der Waals surface area contributed by atoms with E-state index in [2.05, 4.69) is 0 Å². The maximum Gasteiger partial charge on any atom is 0.300 e. The second-order valence-corrected chi connectivity index (χ2v) is 8.35. The average molecular weight is 462 g/mol. The second kappa shape index (κ2) is 9.87. The Balaban J connectivity index is 1.81. The molecule has 1 aromatic heterocycles. The predicted octanol–water partition coefficient (Wildman–Crippen LogP) is 5.34. The molecule has 1 aliphatic rings. The van der Waals surface area contributed by atoms with E-state index in [1.165, 1.54) is 11.2 Å². The van der Waals surface area contributed by atoms with Gasteiger partial charge < -0.3 is 19.0 Å². The number of ether oxygens (including phenoxy) is 2. The molecule has 0 aliphatic carbocycles. The second-order valence-electron chi connectivity index (χ2n) is 8.35. The van der Waals surface area contributed by atoms with Crippen LogP contribution in [0.25, 0.3) is 5.76 Å². The molecule has 34 heavy (non-hydrogen) atoms. The van der Waals surface area contributed by atoms with Gasteiger partial charge in [-0.2, -0.15) is 0 Å². The number of anilines is 1. The molecule has 7 nitrogen and oxygen atoms in total. The van der Waals surface area contributed by atoms with Crippen molar-refractivity contribution in [2.45, 2.75) is 26.8 Å². The maximum absolute atomic E-state index is 13.2. The van der Waals surface area contributed by atoms with Gasteiger partial charge in [0.2, 0.25) is 0 Å². The monoisotopic (exact) mass is 461 g/mol. The van der Waals surface area contributed by atoms with Gasteiger partial charge in [0.1, 0.15) is 29.1 Å². The van der Waals surface area contributed by atoms with Crippen LogP contribution in [0.5, 0.6) is 11.5 Å². The van der Waals surface area contributed by atoms with Crippen molar-refractivity contribution in [1.82, 2.24) is 0 Å². The van der Waals surface area contributed by atoms with Crippen LogP contribution in [0.4, 0.5) is 5.69 Å². The van der Waals surface area contributed by atoms with Gasteiger partial charge in [-0.25, -0.2) is 0 Å². The van der Waals surface area contributed by atoms with Crippen molar-refractivity contribution in [2.75, 3.05) is 18.1 Å². The number of aliphatic hydroxyl groups excluding tert-OH is 1. The van der Waals surface area contributed by atoms with Crippen molar-refractivity contribution in [3.05, 3.63) is 83.8 Å². The molecule has 1 atom stereocenters. The first-order chi connectivity index (χ1) is 16.4. The molecule has 1 amide bonds. The topological polar surface area (TPSA) is 89.2 Å². The quantitative estimate of drug-likeness (QED) is 0.277. The summed E-state index contributed by atoms with van der Waals surface area (Å²) in [6.45, 7) is 6.90. The van der Waals surface area contributed by atoms with E-state index in [9.17, 15) is 14.7 Å². The summed E-state index contributed by atoms with van der Waals surface area (Å²) in [6, 6.07) is 16.1. The van der Waals surface area contributed by atoms with E-state index < -0.39 is 17.7 Å². The zero-order chi connectivity index (χ0) is 24.2. The Labute approximate surface area is 198 Å². The molecule has 0 spiro atoms. The van der Waals surface area contributed by atoms with Crippen molar-refractivity contribution >= 4 is 23.1 Å². The Kier molecular flexibility index (Phi) is 6.72. The number of carbonyl (C=O) groups excluding carboxylic acids is 2. The highest BCUT2D eigenvalue weighted by Gasteiger charge is 2.48. The Morgan fingerprint density at radius 2 is 1.76 bits per heavy atom. The zero-order valence-corrected chi connectivity index (χ0v) is 19.4. The molecular formula is C27H27NO6. The van der Waals surface area contributed by atoms with Gasteiger partial charge >= 0.3 is 0 Å². The molecule has 0 radical (unpaired) electrons. The third kappa shape index (κ3) is 4.55. The van der Waals surface area contributed by atoms with Crippen LogP contribution in [0.2, 0.25) is 0 Å². The molecule has 0 bridgehead atoms. The van der Waals surface area contributed by atoms with E-state index >= 15 is 0 Å². The minimum absolute atomic E-state index is 0.0530. The number of nitrogens with zero attached hydrogens (tertiary/aromatic N) is 1. The molecule has 176 valence electrons. The summed E-state index contributed by atoms with van der Waals surface area (Å²) in [4.78, 5) is 27.7. The minimum Gasteiger partial charge on any atom is -0.507 e. The summed E-state index contributed by atoms with van der Waals surface area (Å²) in [7, 11) is 0. The first-order valence-corrected chi connectivity index (χ1v) is 11.2. The summed E-state index contributed by atoms with van der Waals surface area (Å²) >= 11 is 0. The molecule has 1 N–H and O–H groups in total. The SMILES string of the molecule is CCOc1cccc(N2C(=O)C(=O)/C(=C(\O)c3cccc(OCC(C)C)c3)C2c2ccco2)c1. The largest absolute Gasteiger partial charge is 0.507 e. The van der Waals surface area contributed by atoms with Crippen molar-refractivity contribution in [3.63, 3.8) is 0 Å². The summed E-state index contributed by atoms with van der Waals surface area (Å²) < 4.78 is 16.9. The lowest BCUT2D eigenvalue weighted by Crippen LogP contribution is -2.29. The van der Waals surface area contributed by atoms with Crippen molar-refractivity contribution in [2.24, 2.45) is 5.92 Å². The standard InChI is InChI=1S/C27H27NO6/c1-4-32-21-11-6-9-19(15-21)28-24(22-12-7-13-33-22)23(26(30)27(28)31)25(29)18-8-5-10-20(14-18)34-16-17(2)3/h5-15,17,24,29H,4,16H2,1-3H3/b25-23-. The lowest BCUT2D eigenvalue weighted by molar-refractivity contribution is -0.132. The summed E-state index contributed by atoms with van der Waals surface area (Å²) in [5.41, 5.74) is 0.782. The van der Waals surface area contributed by atoms with Gasteiger partial charge in [0.05, 0.1) is 25.1 Å². The van der Waals surface area contributed by atoms with Crippen molar-refractivity contribution in [1.29, 1.82) is 0 Å². The van der Waals surface area contributed by atoms with Gasteiger partial charge in [-0.15, -0.1) is 0 Å². The Bertz CT molecular complexity index is 1210. The molecule has 1 aliphatic heterocycles. The van der Waals surface area contributed by atoms with E-state index in [0.29, 0.717) is 47.6 Å². The molecule has 1 saturated heterocycles. The molecule has 1 fully saturated rings. The Morgan fingerprint density at radius 1 is 1.03 bits per heavy atom. The smallest absolute Gasteiger partial charge is 0.300 e. The number of aliphatic hydroxyl groups is 1. The fraction of sp³-hybridized carbons (Fsp3) is 0.259. The lowest BCUT2D eigenvalue weighted by atomic mass is 9.99. The van der Waals surface area contributed by atoms with Crippen LogP contribution in [-0.4, -0.2) is 30.0 Å². The minimum atomic E-state index is -0.938. The highest BCUT2D eigenvalue weighted by atomic mass is 16.5. The number of rotatable bonds is 8. The fourth-order valence-electron chi connectivity index (χ4n) is 3.86. The van der Waals surface area contributed by atoms with Crippen LogP contribution in [0.3, 0.4) is 0 Å². The molecule has 0 saturated carbocycles. The molecule has 1 unspecified atom stereocenters. The van der Waals surface area contributed by atoms with Crippen molar-refractivity contribution < 1.29 is 28.6 Å². The van der Waals surface area contributed by atoms with Gasteiger partial charge in [0.25, 0.3) is 11.7 Å². The predicted molar refractivity (Wildman–Crippen MR) is 128 cm³/mol. The van der Waals surface area contributed by atoms with Crippen LogP contribution < -0.4 is 14.4 Å². The van der Waals surface area contributed by atoms with Crippen molar-refractivity contribution in [3.8, 4) is 11.5 Å². The third-order valence-corrected chi connectivity index (χ3v) is 5.35. The van der Waals surface area contributed by atoms with Gasteiger partial charge in [-0.3, -0.25) is 14.5 Å². The molecule has 2 heterocycles. The van der Waals surface area contributed by atoms with Crippen LogP contribution in [0.1, 0.15) is 38.1 Å². The van der Waals surface area contributed by atoms with Gasteiger partial charge in [0.15, 0.2) is 0 Å². The van der Waals surface area contributed by atoms with E-state index in [0.717, 1.165) is 0 Å². The summed E-state index contributed by atoms with van der Waals surface area (Å²) in [6.07, 6.45) is 1.46. The number of furan rings is 1. The molecule has 7 heteroatoms. The Hall–Kier alpha value is -4.00. The normalized spacial score (nSPS) is 17.4. The number of amides is 1. The van der Waals surface area contributed by atoms with E-state index in [-0.39, 0.29) is 11.3 Å². The van der Waals surface area contributed by atoms with Gasteiger partial charge in [-0.1, -0.05) is 32.0 Å². The molecule has 2 aromatic carbocycles. The number of hydrogen-bond donors (Lipinski definition) is 1. The zero-order valence-electron chi connectivity index (χ0n) is 19.4. The first kappa shape index (κ1) is 23.2. The first-order valence-electron chi connectivity index (χ1n) is 11.2. The lowest BCUT2D eigenvalue weighted by Gasteiger charge is -2.23. The average Bonchev–Trinajstić information content (AvgIpc) is 3.45. The number of carbonyl (C=O) groups is 2. The van der Waals surface area contributed by atoms with Crippen LogP contribution >= 0.6 is 0 Å². The van der Waals surface area contributed by atoms with E-state index in [1.807, 2.05) is 20.8 Å². The summed E-state index contributed by atoms with van der Waals surface area (Å²) in [5, 5.41) is 11.2. The highest BCUT2D eigenvalue weighted by Crippen LogP contribution is 2.43.